The zero-order valence-corrected chi connectivity index (χ0v) is 18.7. The normalized spacial score (nSPS) is 17.8. The van der Waals surface area contributed by atoms with Crippen LogP contribution in [0.3, 0.4) is 0 Å². The molecule has 0 unspecified atom stereocenters. The Morgan fingerprint density at radius 3 is 2.65 bits per heavy atom. The molecule has 1 saturated carbocycles. The van der Waals surface area contributed by atoms with Crippen LogP contribution in [0.15, 0.2) is 47.7 Å². The summed E-state index contributed by atoms with van der Waals surface area (Å²) in [5.74, 6) is -0.380. The molecule has 5 rings (SSSR count). The van der Waals surface area contributed by atoms with Crippen molar-refractivity contribution >= 4 is 11.7 Å². The van der Waals surface area contributed by atoms with E-state index in [0.29, 0.717) is 17.7 Å². The number of hydrogen-bond acceptors (Lipinski definition) is 4. The molecule has 2 aliphatic heterocycles. The second kappa shape index (κ2) is 8.89. The van der Waals surface area contributed by atoms with E-state index in [1.54, 1.807) is 12.1 Å². The van der Waals surface area contributed by atoms with Gasteiger partial charge in [0.25, 0.3) is 0 Å². The first-order chi connectivity index (χ1) is 16.3. The molecule has 180 valence electrons. The number of allylic oxidation sites excluding steroid dienone is 1. The van der Waals surface area contributed by atoms with Crippen molar-refractivity contribution in [2.75, 3.05) is 11.4 Å². The highest BCUT2D eigenvalue weighted by molar-refractivity contribution is 5.74. The van der Waals surface area contributed by atoms with Gasteiger partial charge in [0.2, 0.25) is 0 Å². The summed E-state index contributed by atoms with van der Waals surface area (Å²) in [7, 11) is 0. The highest BCUT2D eigenvalue weighted by Crippen LogP contribution is 2.43. The molecule has 0 aromatic heterocycles. The van der Waals surface area contributed by atoms with Gasteiger partial charge in [-0.15, -0.1) is 0 Å². The van der Waals surface area contributed by atoms with Crippen molar-refractivity contribution < 1.29 is 32.5 Å². The standard InChI is InChI=1S/C26H26F3NO4/c27-26(28,29)21-11-16(5-8-24(21)34-19-3-1-2-4-19)15-33-20-6-7-22-18(12-20)13-23-17(14-25(31)32)9-10-30(22)23/h5-8,11-12,19H,1-4,9-10,13-15H2,(H,31,32). The van der Waals surface area contributed by atoms with Gasteiger partial charge in [0.1, 0.15) is 18.1 Å². The van der Waals surface area contributed by atoms with Gasteiger partial charge in [0.05, 0.1) is 18.1 Å². The molecule has 8 heteroatoms. The number of alkyl halides is 3. The van der Waals surface area contributed by atoms with Gasteiger partial charge in [-0.25, -0.2) is 0 Å². The Bertz CT molecular complexity index is 1140. The predicted octanol–water partition coefficient (Wildman–Crippen LogP) is 6.10. The number of carboxylic acids is 1. The van der Waals surface area contributed by atoms with Crippen molar-refractivity contribution in [2.24, 2.45) is 0 Å². The topological polar surface area (TPSA) is 59.0 Å². The van der Waals surface area contributed by atoms with E-state index in [1.807, 2.05) is 12.1 Å². The third-order valence-corrected chi connectivity index (χ3v) is 6.79. The highest BCUT2D eigenvalue weighted by atomic mass is 19.4. The number of hydrogen-bond donors (Lipinski definition) is 1. The van der Waals surface area contributed by atoms with Crippen LogP contribution in [0.4, 0.5) is 18.9 Å². The summed E-state index contributed by atoms with van der Waals surface area (Å²) >= 11 is 0. The quantitative estimate of drug-likeness (QED) is 0.527. The van der Waals surface area contributed by atoms with Crippen molar-refractivity contribution in [1.82, 2.24) is 0 Å². The molecule has 0 saturated heterocycles. The zero-order valence-electron chi connectivity index (χ0n) is 18.7. The van der Waals surface area contributed by atoms with Crippen molar-refractivity contribution in [3.63, 3.8) is 0 Å². The van der Waals surface area contributed by atoms with Crippen LogP contribution in [0.1, 0.15) is 55.2 Å². The van der Waals surface area contributed by atoms with Gasteiger partial charge in [-0.2, -0.15) is 13.2 Å². The third-order valence-electron chi connectivity index (χ3n) is 6.79. The molecule has 1 aliphatic carbocycles. The van der Waals surface area contributed by atoms with Crippen molar-refractivity contribution in [2.45, 2.75) is 63.8 Å². The molecule has 1 fully saturated rings. The number of rotatable bonds is 7. The third kappa shape index (κ3) is 4.58. The molecule has 2 aromatic carbocycles. The first kappa shape index (κ1) is 22.6. The second-order valence-corrected chi connectivity index (χ2v) is 9.13. The first-order valence-electron chi connectivity index (χ1n) is 11.6. The van der Waals surface area contributed by atoms with Crippen LogP contribution in [-0.2, 0) is 24.0 Å². The lowest BCUT2D eigenvalue weighted by atomic mass is 10.1. The molecular formula is C26H26F3NO4. The molecule has 0 spiro atoms. The summed E-state index contributed by atoms with van der Waals surface area (Å²) in [5.41, 5.74) is 3.71. The Hall–Kier alpha value is -3.16. The first-order valence-corrected chi connectivity index (χ1v) is 11.6. The van der Waals surface area contributed by atoms with E-state index in [0.717, 1.165) is 67.2 Å². The molecular weight excluding hydrogens is 447 g/mol. The SMILES string of the molecule is O=C(O)CC1=C2Cc3cc(OCc4ccc(OC5CCCC5)c(C(F)(F)F)c4)ccc3N2CC1. The van der Waals surface area contributed by atoms with Gasteiger partial charge in [-0.05, 0) is 79.1 Å². The summed E-state index contributed by atoms with van der Waals surface area (Å²) in [6, 6.07) is 9.75. The van der Waals surface area contributed by atoms with Gasteiger partial charge < -0.3 is 19.5 Å². The molecule has 2 aromatic rings. The summed E-state index contributed by atoms with van der Waals surface area (Å²) in [6.07, 6.45) is 0.303. The summed E-state index contributed by atoms with van der Waals surface area (Å²) < 4.78 is 52.5. The van der Waals surface area contributed by atoms with E-state index in [2.05, 4.69) is 4.90 Å². The minimum atomic E-state index is -4.51. The number of benzene rings is 2. The lowest BCUT2D eigenvalue weighted by Crippen LogP contribution is -2.16. The van der Waals surface area contributed by atoms with E-state index in [-0.39, 0.29) is 24.9 Å². The Balaban J connectivity index is 1.29. The number of aliphatic carboxylic acids is 1. The Labute approximate surface area is 195 Å². The zero-order chi connectivity index (χ0) is 23.9. The number of carboxylic acid groups (broad SMARTS) is 1. The van der Waals surface area contributed by atoms with E-state index in [1.165, 1.54) is 6.07 Å². The maximum Gasteiger partial charge on any atom is 0.419 e. The largest absolute Gasteiger partial charge is 0.490 e. The van der Waals surface area contributed by atoms with Gasteiger partial charge in [0, 0.05) is 24.4 Å². The van der Waals surface area contributed by atoms with E-state index in [9.17, 15) is 18.0 Å². The van der Waals surface area contributed by atoms with E-state index in [4.69, 9.17) is 14.6 Å². The fourth-order valence-electron chi connectivity index (χ4n) is 5.16. The fourth-order valence-corrected chi connectivity index (χ4v) is 5.16. The molecule has 2 heterocycles. The maximum absolute atomic E-state index is 13.7. The number of nitrogens with zero attached hydrogens (tertiary/aromatic N) is 1. The average Bonchev–Trinajstić information content (AvgIpc) is 3.50. The molecule has 5 nitrogen and oxygen atoms in total. The van der Waals surface area contributed by atoms with Crippen LogP contribution in [0, 0.1) is 0 Å². The van der Waals surface area contributed by atoms with Crippen molar-refractivity contribution in [3.05, 3.63) is 64.4 Å². The summed E-state index contributed by atoms with van der Waals surface area (Å²) in [6.45, 7) is 0.767. The number of anilines is 1. The fraction of sp³-hybridized carbons (Fsp3) is 0.423. The monoisotopic (exact) mass is 473 g/mol. The minimum absolute atomic E-state index is 0.00223. The van der Waals surface area contributed by atoms with Crippen LogP contribution >= 0.6 is 0 Å². The van der Waals surface area contributed by atoms with Crippen molar-refractivity contribution in [3.8, 4) is 11.5 Å². The van der Waals surface area contributed by atoms with Crippen molar-refractivity contribution in [1.29, 1.82) is 0 Å². The Morgan fingerprint density at radius 1 is 1.12 bits per heavy atom. The molecule has 34 heavy (non-hydrogen) atoms. The number of halogens is 3. The van der Waals surface area contributed by atoms with Crippen LogP contribution in [0.2, 0.25) is 0 Å². The molecule has 0 atom stereocenters. The lowest BCUT2D eigenvalue weighted by Gasteiger charge is -2.19. The number of carbonyl (C=O) groups is 1. The maximum atomic E-state index is 13.7. The smallest absolute Gasteiger partial charge is 0.419 e. The highest BCUT2D eigenvalue weighted by Gasteiger charge is 2.36. The van der Waals surface area contributed by atoms with E-state index < -0.39 is 17.7 Å². The molecule has 0 radical (unpaired) electrons. The summed E-state index contributed by atoms with van der Waals surface area (Å²) in [4.78, 5) is 13.3. The lowest BCUT2D eigenvalue weighted by molar-refractivity contribution is -0.139. The molecule has 3 aliphatic rings. The molecule has 0 amide bonds. The van der Waals surface area contributed by atoms with Gasteiger partial charge in [-0.3, -0.25) is 4.79 Å². The van der Waals surface area contributed by atoms with Crippen LogP contribution in [0.5, 0.6) is 11.5 Å². The summed E-state index contributed by atoms with van der Waals surface area (Å²) in [5, 5.41) is 9.14. The second-order valence-electron chi connectivity index (χ2n) is 9.13. The predicted molar refractivity (Wildman–Crippen MR) is 120 cm³/mol. The Morgan fingerprint density at radius 2 is 1.91 bits per heavy atom. The van der Waals surface area contributed by atoms with Gasteiger partial charge in [-0.1, -0.05) is 6.07 Å². The van der Waals surface area contributed by atoms with Gasteiger partial charge in [0.15, 0.2) is 0 Å². The van der Waals surface area contributed by atoms with Gasteiger partial charge >= 0.3 is 12.1 Å². The van der Waals surface area contributed by atoms with Crippen LogP contribution in [0.25, 0.3) is 0 Å². The number of ether oxygens (including phenoxy) is 2. The van der Waals surface area contributed by atoms with E-state index >= 15 is 0 Å². The minimum Gasteiger partial charge on any atom is -0.490 e. The average molecular weight is 473 g/mol. The number of fused-ring (bicyclic) bond motifs is 3. The Kier molecular flexibility index (Phi) is 5.91. The molecule has 1 N–H and O–H groups in total. The van der Waals surface area contributed by atoms with Crippen LogP contribution in [-0.4, -0.2) is 23.7 Å². The molecule has 0 bridgehead atoms. The van der Waals surface area contributed by atoms with Crippen LogP contribution < -0.4 is 14.4 Å².